The molecular weight excluding hydrogens is 318 g/mol. The second-order valence-corrected chi connectivity index (χ2v) is 7.11. The first-order valence-corrected chi connectivity index (χ1v) is 8.72. The number of amides is 1. The van der Waals surface area contributed by atoms with Crippen molar-refractivity contribution in [3.63, 3.8) is 0 Å². The quantitative estimate of drug-likeness (QED) is 0.789. The Bertz CT molecular complexity index is 657. The van der Waals surface area contributed by atoms with Crippen molar-refractivity contribution in [1.29, 1.82) is 0 Å². The first-order chi connectivity index (χ1) is 10.9. The molecule has 23 heavy (non-hydrogen) atoms. The maximum absolute atomic E-state index is 12.1. The van der Waals surface area contributed by atoms with E-state index < -0.39 is 17.9 Å². The van der Waals surface area contributed by atoms with Crippen LogP contribution >= 0.6 is 11.8 Å². The number of aliphatic carboxylic acids is 1. The lowest BCUT2D eigenvalue weighted by Gasteiger charge is -2.18. The first-order valence-electron chi connectivity index (χ1n) is 7.56. The highest BCUT2D eigenvalue weighted by Crippen LogP contribution is 2.21. The molecule has 1 amide bonds. The van der Waals surface area contributed by atoms with Crippen LogP contribution in [-0.4, -0.2) is 38.6 Å². The van der Waals surface area contributed by atoms with Crippen LogP contribution in [0, 0.1) is 5.92 Å². The Hall–Kier alpha value is -1.83. The lowest BCUT2D eigenvalue weighted by atomic mass is 10.0. The fraction of sp³-hybridized carbons (Fsp3) is 0.600. The van der Waals surface area contributed by atoms with E-state index in [0.717, 1.165) is 33.9 Å². The van der Waals surface area contributed by atoms with Crippen LogP contribution in [0.1, 0.15) is 31.5 Å². The highest BCUT2D eigenvalue weighted by Gasteiger charge is 2.22. The van der Waals surface area contributed by atoms with Gasteiger partial charge in [-0.2, -0.15) is 16.9 Å². The molecule has 126 valence electrons. The van der Waals surface area contributed by atoms with Crippen molar-refractivity contribution in [2.45, 2.75) is 45.0 Å². The number of nitrogens with zero attached hydrogens (tertiary/aromatic N) is 2. The molecule has 0 saturated heterocycles. The molecule has 1 atom stereocenters. The van der Waals surface area contributed by atoms with Crippen molar-refractivity contribution in [2.75, 3.05) is 5.75 Å². The van der Waals surface area contributed by atoms with E-state index in [4.69, 9.17) is 5.11 Å². The predicted octanol–water partition coefficient (Wildman–Crippen LogP) is 0.648. The molecular formula is C15H21N3O4S. The molecule has 2 rings (SSSR count). The second kappa shape index (κ2) is 7.63. The van der Waals surface area contributed by atoms with Crippen LogP contribution < -0.4 is 10.9 Å². The molecule has 0 bridgehead atoms. The number of rotatable bonds is 6. The zero-order chi connectivity index (χ0) is 17.0. The number of fused-ring (bicyclic) bond motifs is 1. The third-order valence-corrected chi connectivity index (χ3v) is 4.55. The van der Waals surface area contributed by atoms with Crippen LogP contribution in [0.5, 0.6) is 0 Å². The van der Waals surface area contributed by atoms with E-state index in [9.17, 15) is 14.4 Å². The van der Waals surface area contributed by atoms with Gasteiger partial charge in [0, 0.05) is 18.2 Å². The van der Waals surface area contributed by atoms with Gasteiger partial charge in [-0.1, -0.05) is 13.8 Å². The van der Waals surface area contributed by atoms with E-state index >= 15 is 0 Å². The standard InChI is InChI=1S/C15H21N3O4S/c1-9(2)5-12(15(21)22)16-13(19)7-18-14(20)6-10-8-23-4-3-11(10)17-18/h6,9,12H,3-5,7-8H2,1-2H3,(H,16,19)(H,21,22)/t12-/m0/s1. The highest BCUT2D eigenvalue weighted by molar-refractivity contribution is 7.98. The molecule has 0 unspecified atom stereocenters. The normalized spacial score (nSPS) is 15.1. The second-order valence-electron chi connectivity index (χ2n) is 6.00. The Balaban J connectivity index is 2.07. The van der Waals surface area contributed by atoms with Gasteiger partial charge in [0.05, 0.1) is 5.69 Å². The summed E-state index contributed by atoms with van der Waals surface area (Å²) in [6, 6.07) is 0.567. The van der Waals surface area contributed by atoms with Crippen molar-refractivity contribution in [3.8, 4) is 0 Å². The van der Waals surface area contributed by atoms with Crippen LogP contribution in [0.2, 0.25) is 0 Å². The van der Waals surface area contributed by atoms with E-state index in [1.807, 2.05) is 13.8 Å². The summed E-state index contributed by atoms with van der Waals surface area (Å²) in [5.74, 6) is 0.256. The number of thioether (sulfide) groups is 1. The lowest BCUT2D eigenvalue weighted by Crippen LogP contribution is -2.44. The molecule has 8 heteroatoms. The minimum Gasteiger partial charge on any atom is -0.480 e. The van der Waals surface area contributed by atoms with Crippen LogP contribution in [-0.2, 0) is 28.3 Å². The Morgan fingerprint density at radius 2 is 2.22 bits per heavy atom. The highest BCUT2D eigenvalue weighted by atomic mass is 32.2. The third kappa shape index (κ3) is 4.82. The van der Waals surface area contributed by atoms with Crippen molar-refractivity contribution >= 4 is 23.6 Å². The average molecular weight is 339 g/mol. The largest absolute Gasteiger partial charge is 0.480 e. The molecule has 2 heterocycles. The summed E-state index contributed by atoms with van der Waals surface area (Å²) in [4.78, 5) is 35.2. The molecule has 0 aromatic carbocycles. The molecule has 7 nitrogen and oxygen atoms in total. The van der Waals surface area contributed by atoms with Gasteiger partial charge in [-0.05, 0) is 23.7 Å². The number of hydrogen-bond donors (Lipinski definition) is 2. The SMILES string of the molecule is CC(C)C[C@H](NC(=O)Cn1nc2c(cc1=O)CSCC2)C(=O)O. The smallest absolute Gasteiger partial charge is 0.326 e. The number of carboxylic acids is 1. The number of carbonyl (C=O) groups excluding carboxylic acids is 1. The molecule has 0 spiro atoms. The fourth-order valence-corrected chi connectivity index (χ4v) is 3.39. The topological polar surface area (TPSA) is 101 Å². The van der Waals surface area contributed by atoms with Crippen LogP contribution in [0.15, 0.2) is 10.9 Å². The minimum atomic E-state index is -1.07. The van der Waals surface area contributed by atoms with E-state index in [0.29, 0.717) is 6.42 Å². The number of aryl methyl sites for hydroxylation is 1. The summed E-state index contributed by atoms with van der Waals surface area (Å²) in [5, 5.41) is 15.9. The van der Waals surface area contributed by atoms with Crippen molar-refractivity contribution < 1.29 is 14.7 Å². The maximum Gasteiger partial charge on any atom is 0.326 e. The Kier molecular flexibility index (Phi) is 5.81. The predicted molar refractivity (Wildman–Crippen MR) is 87.4 cm³/mol. The van der Waals surface area contributed by atoms with Gasteiger partial charge in [0.25, 0.3) is 5.56 Å². The molecule has 1 aromatic heterocycles. The van der Waals surface area contributed by atoms with Gasteiger partial charge < -0.3 is 10.4 Å². The van der Waals surface area contributed by atoms with Crippen LogP contribution in [0.25, 0.3) is 0 Å². The van der Waals surface area contributed by atoms with Crippen LogP contribution in [0.4, 0.5) is 0 Å². The maximum atomic E-state index is 12.1. The summed E-state index contributed by atoms with van der Waals surface area (Å²) in [6.45, 7) is 3.51. The minimum absolute atomic E-state index is 0.137. The van der Waals surface area contributed by atoms with Gasteiger partial charge in [-0.25, -0.2) is 9.48 Å². The molecule has 0 aliphatic carbocycles. The van der Waals surface area contributed by atoms with E-state index in [1.54, 1.807) is 11.8 Å². The molecule has 0 fully saturated rings. The molecule has 0 radical (unpaired) electrons. The molecule has 1 aliphatic heterocycles. The van der Waals surface area contributed by atoms with Gasteiger partial charge in [-0.3, -0.25) is 9.59 Å². The molecule has 0 saturated carbocycles. The van der Waals surface area contributed by atoms with Gasteiger partial charge >= 0.3 is 5.97 Å². The number of carbonyl (C=O) groups is 2. The Labute approximate surface area is 138 Å². The van der Waals surface area contributed by atoms with Crippen LogP contribution in [0.3, 0.4) is 0 Å². The van der Waals surface area contributed by atoms with Gasteiger partial charge in [0.15, 0.2) is 0 Å². The van der Waals surface area contributed by atoms with Crippen molar-refractivity contribution in [1.82, 2.24) is 15.1 Å². The Morgan fingerprint density at radius 3 is 2.87 bits per heavy atom. The van der Waals surface area contributed by atoms with Crippen molar-refractivity contribution in [3.05, 3.63) is 27.7 Å². The van der Waals surface area contributed by atoms with E-state index in [2.05, 4.69) is 10.4 Å². The van der Waals surface area contributed by atoms with E-state index in [1.165, 1.54) is 6.07 Å². The van der Waals surface area contributed by atoms with Gasteiger partial charge in [-0.15, -0.1) is 0 Å². The molecule has 1 aromatic rings. The van der Waals surface area contributed by atoms with Crippen molar-refractivity contribution in [2.24, 2.45) is 5.92 Å². The fourth-order valence-electron chi connectivity index (χ4n) is 2.43. The average Bonchev–Trinajstić information content (AvgIpc) is 2.46. The summed E-state index contributed by atoms with van der Waals surface area (Å²) in [5.41, 5.74) is 1.43. The Morgan fingerprint density at radius 1 is 1.48 bits per heavy atom. The summed E-state index contributed by atoms with van der Waals surface area (Å²) in [7, 11) is 0. The number of hydrogen-bond acceptors (Lipinski definition) is 5. The van der Waals surface area contributed by atoms with Gasteiger partial charge in [0.2, 0.25) is 5.91 Å². The summed E-state index contributed by atoms with van der Waals surface area (Å²) < 4.78 is 1.11. The van der Waals surface area contributed by atoms with Gasteiger partial charge in [0.1, 0.15) is 12.6 Å². The summed E-state index contributed by atoms with van der Waals surface area (Å²) in [6.07, 6.45) is 1.11. The monoisotopic (exact) mass is 339 g/mol. The molecule has 2 N–H and O–H groups in total. The first kappa shape index (κ1) is 17.5. The van der Waals surface area contributed by atoms with E-state index in [-0.39, 0.29) is 18.0 Å². The summed E-state index contributed by atoms with van der Waals surface area (Å²) >= 11 is 1.75. The number of nitrogens with one attached hydrogen (secondary N) is 1. The third-order valence-electron chi connectivity index (χ3n) is 3.54. The number of aromatic nitrogens is 2. The lowest BCUT2D eigenvalue weighted by molar-refractivity contribution is -0.142. The number of carboxylic acid groups (broad SMARTS) is 1. The zero-order valence-electron chi connectivity index (χ0n) is 13.2. The molecule has 1 aliphatic rings. The zero-order valence-corrected chi connectivity index (χ0v) is 14.1.